The Bertz CT molecular complexity index is 939. The predicted molar refractivity (Wildman–Crippen MR) is 101 cm³/mol. The highest BCUT2D eigenvalue weighted by atomic mass is 32.2. The Kier molecular flexibility index (Phi) is 5.00. The molecule has 3 aromatic rings. The van der Waals surface area contributed by atoms with Crippen molar-refractivity contribution in [3.8, 4) is 0 Å². The molecule has 1 aromatic carbocycles. The highest BCUT2D eigenvalue weighted by Crippen LogP contribution is 2.25. The van der Waals surface area contributed by atoms with Gasteiger partial charge in [0.05, 0.1) is 0 Å². The minimum atomic E-state index is -3.61. The molecule has 0 bridgehead atoms. The van der Waals surface area contributed by atoms with Crippen molar-refractivity contribution in [2.45, 2.75) is 18.1 Å². The van der Waals surface area contributed by atoms with Gasteiger partial charge >= 0.3 is 0 Å². The summed E-state index contributed by atoms with van der Waals surface area (Å²) < 4.78 is 27.1. The number of benzene rings is 1. The van der Waals surface area contributed by atoms with Crippen molar-refractivity contribution in [2.24, 2.45) is 0 Å². The maximum absolute atomic E-state index is 12.2. The molecule has 3 rings (SSSR count). The number of aryl methyl sites for hydroxylation is 1. The average molecular weight is 374 g/mol. The maximum atomic E-state index is 12.2. The lowest BCUT2D eigenvalue weighted by Crippen LogP contribution is -2.19. The third-order valence-corrected chi connectivity index (χ3v) is 6.31. The van der Waals surface area contributed by atoms with E-state index in [2.05, 4.69) is 21.0 Å². The van der Waals surface area contributed by atoms with Crippen LogP contribution in [-0.2, 0) is 10.0 Å². The lowest BCUT2D eigenvalue weighted by molar-refractivity contribution is 0.603. The summed E-state index contributed by atoms with van der Waals surface area (Å²) in [5.41, 5.74) is 2.17. The molecular formula is C17H18N4O2S2. The van der Waals surface area contributed by atoms with Crippen molar-refractivity contribution in [2.75, 3.05) is 16.2 Å². The zero-order chi connectivity index (χ0) is 17.9. The summed E-state index contributed by atoms with van der Waals surface area (Å²) >= 11 is 1.15. The number of nitrogens with zero attached hydrogens (tertiary/aromatic N) is 3. The largest absolute Gasteiger partial charge is 0.325 e. The third-order valence-electron chi connectivity index (χ3n) is 3.56. The molecule has 2 heterocycles. The molecule has 6 nitrogen and oxygen atoms in total. The summed E-state index contributed by atoms with van der Waals surface area (Å²) in [6.07, 6.45) is 0. The van der Waals surface area contributed by atoms with Crippen molar-refractivity contribution in [1.82, 2.24) is 10.2 Å². The van der Waals surface area contributed by atoms with Crippen molar-refractivity contribution < 1.29 is 8.42 Å². The zero-order valence-electron chi connectivity index (χ0n) is 13.9. The summed E-state index contributed by atoms with van der Waals surface area (Å²) in [7, 11) is -3.61. The zero-order valence-corrected chi connectivity index (χ0v) is 15.5. The van der Waals surface area contributed by atoms with Crippen LogP contribution in [0.25, 0.3) is 0 Å². The van der Waals surface area contributed by atoms with Crippen molar-refractivity contribution >= 4 is 38.7 Å². The van der Waals surface area contributed by atoms with E-state index in [0.717, 1.165) is 29.1 Å². The minimum absolute atomic E-state index is 0.192. The Morgan fingerprint density at radius 3 is 2.56 bits per heavy atom. The minimum Gasteiger partial charge on any atom is -0.325 e. The highest BCUT2D eigenvalue weighted by Gasteiger charge is 2.16. The standard InChI is InChI=1S/C17H18N4O2S2/c1-3-21(14-7-4-6-13(2)12-14)16-10-9-15(18-19-16)20-25(22,23)17-8-5-11-24-17/h4-12H,3H2,1-2H3,(H,18,20). The monoisotopic (exact) mass is 374 g/mol. The summed E-state index contributed by atoms with van der Waals surface area (Å²) in [4.78, 5) is 2.01. The number of thiophene rings is 1. The van der Waals surface area contributed by atoms with Gasteiger partial charge in [-0.15, -0.1) is 21.5 Å². The number of aromatic nitrogens is 2. The summed E-state index contributed by atoms with van der Waals surface area (Å²) in [6.45, 7) is 4.78. The number of hydrogen-bond acceptors (Lipinski definition) is 6. The fourth-order valence-electron chi connectivity index (χ4n) is 2.40. The van der Waals surface area contributed by atoms with Crippen molar-refractivity contribution in [3.05, 3.63) is 59.5 Å². The molecule has 1 N–H and O–H groups in total. The maximum Gasteiger partial charge on any atom is 0.272 e. The first-order chi connectivity index (χ1) is 12.0. The lowest BCUT2D eigenvalue weighted by Gasteiger charge is -2.22. The van der Waals surface area contributed by atoms with Crippen LogP contribution in [0.3, 0.4) is 0 Å². The Morgan fingerprint density at radius 1 is 1.12 bits per heavy atom. The van der Waals surface area contributed by atoms with Crippen LogP contribution < -0.4 is 9.62 Å². The van der Waals surface area contributed by atoms with Gasteiger partial charge in [0.15, 0.2) is 11.6 Å². The molecule has 25 heavy (non-hydrogen) atoms. The van der Waals surface area contributed by atoms with Gasteiger partial charge in [0, 0.05) is 12.2 Å². The molecule has 0 radical (unpaired) electrons. The van der Waals surface area contributed by atoms with Crippen LogP contribution in [-0.4, -0.2) is 25.2 Å². The summed E-state index contributed by atoms with van der Waals surface area (Å²) in [6, 6.07) is 14.7. The first-order valence-corrected chi connectivity index (χ1v) is 10.1. The molecule has 0 fully saturated rings. The van der Waals surface area contributed by atoms with E-state index in [9.17, 15) is 8.42 Å². The molecule has 8 heteroatoms. The van der Waals surface area contributed by atoms with Crippen LogP contribution in [0.15, 0.2) is 58.1 Å². The van der Waals surface area contributed by atoms with Gasteiger partial charge in [-0.1, -0.05) is 18.2 Å². The molecule has 0 amide bonds. The normalized spacial score (nSPS) is 11.3. The summed E-state index contributed by atoms with van der Waals surface area (Å²) in [5.74, 6) is 0.851. The molecule has 0 saturated heterocycles. The first kappa shape index (κ1) is 17.4. The van der Waals surface area contributed by atoms with E-state index < -0.39 is 10.0 Å². The fourth-order valence-corrected chi connectivity index (χ4v) is 4.39. The van der Waals surface area contributed by atoms with Crippen LogP contribution in [0.1, 0.15) is 12.5 Å². The van der Waals surface area contributed by atoms with Crippen LogP contribution >= 0.6 is 11.3 Å². The van der Waals surface area contributed by atoms with E-state index in [-0.39, 0.29) is 10.0 Å². The van der Waals surface area contributed by atoms with Crippen LogP contribution in [0.5, 0.6) is 0 Å². The molecule has 0 atom stereocenters. The SMILES string of the molecule is CCN(c1cccc(C)c1)c1ccc(NS(=O)(=O)c2cccs2)nn1. The Balaban J connectivity index is 1.82. The topological polar surface area (TPSA) is 75.2 Å². The third kappa shape index (κ3) is 3.97. The van der Waals surface area contributed by atoms with Crippen LogP contribution in [0.2, 0.25) is 0 Å². The van der Waals surface area contributed by atoms with Gasteiger partial charge in [-0.2, -0.15) is 0 Å². The Hall–Kier alpha value is -2.45. The Morgan fingerprint density at radius 2 is 1.96 bits per heavy atom. The molecule has 0 spiro atoms. The number of anilines is 3. The van der Waals surface area contributed by atoms with Gasteiger partial charge in [0.1, 0.15) is 4.21 Å². The second-order valence-corrected chi connectivity index (χ2v) is 8.25. The molecule has 0 aliphatic heterocycles. The smallest absolute Gasteiger partial charge is 0.272 e. The van der Waals surface area contributed by atoms with Gasteiger partial charge in [0.25, 0.3) is 10.0 Å². The fraction of sp³-hybridized carbons (Fsp3) is 0.176. The van der Waals surface area contributed by atoms with Crippen molar-refractivity contribution in [3.63, 3.8) is 0 Å². The molecule has 0 saturated carbocycles. The average Bonchev–Trinajstić information content (AvgIpc) is 3.12. The number of rotatable bonds is 6. The number of hydrogen-bond donors (Lipinski definition) is 1. The van der Waals surface area contributed by atoms with Gasteiger partial charge in [-0.25, -0.2) is 8.42 Å². The lowest BCUT2D eigenvalue weighted by atomic mass is 10.2. The molecule has 0 aliphatic rings. The van der Waals surface area contributed by atoms with Gasteiger partial charge in [0.2, 0.25) is 0 Å². The quantitative estimate of drug-likeness (QED) is 0.710. The Labute approximate surface area is 151 Å². The van der Waals surface area contributed by atoms with E-state index in [1.807, 2.05) is 36.9 Å². The number of sulfonamides is 1. The van der Waals surface area contributed by atoms with E-state index in [4.69, 9.17) is 0 Å². The van der Waals surface area contributed by atoms with Gasteiger partial charge < -0.3 is 4.90 Å². The first-order valence-electron chi connectivity index (χ1n) is 7.74. The summed E-state index contributed by atoms with van der Waals surface area (Å²) in [5, 5.41) is 9.90. The van der Waals surface area contributed by atoms with E-state index >= 15 is 0 Å². The molecule has 130 valence electrons. The molecule has 2 aromatic heterocycles. The predicted octanol–water partition coefficient (Wildman–Crippen LogP) is 3.81. The van der Waals surface area contributed by atoms with E-state index in [1.54, 1.807) is 29.6 Å². The molecular weight excluding hydrogens is 356 g/mol. The van der Waals surface area contributed by atoms with Gasteiger partial charge in [-0.3, -0.25) is 4.72 Å². The molecule has 0 aliphatic carbocycles. The van der Waals surface area contributed by atoms with Crippen LogP contribution in [0, 0.1) is 6.92 Å². The van der Waals surface area contributed by atoms with Gasteiger partial charge in [-0.05, 0) is 55.1 Å². The van der Waals surface area contributed by atoms with E-state index in [1.165, 1.54) is 0 Å². The van der Waals surface area contributed by atoms with Crippen molar-refractivity contribution in [1.29, 1.82) is 0 Å². The second-order valence-electron chi connectivity index (χ2n) is 5.40. The molecule has 0 unspecified atom stereocenters. The van der Waals surface area contributed by atoms with Crippen LogP contribution in [0.4, 0.5) is 17.3 Å². The second kappa shape index (κ2) is 7.20. The number of nitrogens with one attached hydrogen (secondary N) is 1. The van der Waals surface area contributed by atoms with E-state index in [0.29, 0.717) is 5.82 Å². The highest BCUT2D eigenvalue weighted by molar-refractivity contribution is 7.94.